The van der Waals surface area contributed by atoms with Crippen LogP contribution in [-0.4, -0.2) is 64.6 Å². The smallest absolute Gasteiger partial charge is 0.423 e. The Labute approximate surface area is 149 Å². The zero-order chi connectivity index (χ0) is 21.6. The first-order chi connectivity index (χ1) is 11.9. The van der Waals surface area contributed by atoms with Gasteiger partial charge < -0.3 is 24.0 Å². The van der Waals surface area contributed by atoms with E-state index in [4.69, 9.17) is 0 Å². The maximum absolute atomic E-state index is 13.6. The molecule has 0 amide bonds. The predicted molar refractivity (Wildman–Crippen MR) is 74.8 cm³/mol. The van der Waals surface area contributed by atoms with Gasteiger partial charge in [-0.05, 0) is 12.3 Å². The molecule has 1 rings (SSSR count). The lowest BCUT2D eigenvalue weighted by molar-refractivity contribution is -0.439. The Kier molecular flexibility index (Phi) is 6.39. The number of rotatable bonds is 6. The van der Waals surface area contributed by atoms with Crippen molar-refractivity contribution in [1.29, 1.82) is 0 Å². The van der Waals surface area contributed by atoms with Crippen LogP contribution in [0.25, 0.3) is 0 Å². The molecular formula is C12H18F6NO7P. The highest BCUT2D eigenvalue weighted by Crippen LogP contribution is 2.63. The Bertz CT molecular complexity index is 598. The number of halogens is 6. The first kappa shape index (κ1) is 24.1. The summed E-state index contributed by atoms with van der Waals surface area (Å²) in [5.41, 5.74) is -9.30. The number of hydrogen-bond acceptors (Lipinski definition) is 6. The van der Waals surface area contributed by atoms with Gasteiger partial charge in [0.15, 0.2) is 0 Å². The molecule has 2 N–H and O–H groups in total. The van der Waals surface area contributed by atoms with Gasteiger partial charge >= 0.3 is 37.3 Å². The summed E-state index contributed by atoms with van der Waals surface area (Å²) in [6.45, 7) is 2.73. The Morgan fingerprint density at radius 3 is 1.81 bits per heavy atom. The molecule has 8 nitrogen and oxygen atoms in total. The maximum Gasteiger partial charge on any atom is 0.453 e. The van der Waals surface area contributed by atoms with Crippen molar-refractivity contribution in [2.75, 3.05) is 14.2 Å². The molecule has 1 heterocycles. The molecule has 0 aromatic heterocycles. The van der Waals surface area contributed by atoms with Gasteiger partial charge in [0.05, 0.1) is 0 Å². The highest BCUT2D eigenvalue weighted by atomic mass is 31.2. The Morgan fingerprint density at radius 1 is 1.15 bits per heavy atom. The average Bonchev–Trinajstić information content (AvgIpc) is 2.73. The normalized spacial score (nSPS) is 22.4. The number of hydrogen-bond donors (Lipinski definition) is 2. The van der Waals surface area contributed by atoms with Gasteiger partial charge in [-0.25, -0.2) is 0 Å². The van der Waals surface area contributed by atoms with Crippen molar-refractivity contribution in [2.45, 2.75) is 50.0 Å². The fraction of sp³-hybridized carbons (Fsp3) is 0.917. The van der Waals surface area contributed by atoms with E-state index < -0.39 is 60.6 Å². The van der Waals surface area contributed by atoms with E-state index in [1.165, 1.54) is 13.8 Å². The molecule has 15 heteroatoms. The zero-order valence-electron chi connectivity index (χ0n) is 14.5. The molecule has 0 saturated carbocycles. The second-order valence-electron chi connectivity index (χ2n) is 6.08. The molecule has 0 spiro atoms. The van der Waals surface area contributed by atoms with Gasteiger partial charge in [-0.2, -0.15) is 31.2 Å². The van der Waals surface area contributed by atoms with Crippen molar-refractivity contribution < 1.29 is 59.7 Å². The summed E-state index contributed by atoms with van der Waals surface area (Å²) in [6, 6.07) is -2.37. The highest BCUT2D eigenvalue weighted by Gasteiger charge is 2.87. The first-order valence-corrected chi connectivity index (χ1v) is 8.85. The van der Waals surface area contributed by atoms with Gasteiger partial charge in [-0.15, -0.1) is 0 Å². The minimum atomic E-state index is -6.34. The van der Waals surface area contributed by atoms with E-state index in [1.807, 2.05) is 0 Å². The topological polar surface area (TPSA) is 106 Å². The number of ether oxygens (including phenoxy) is 3. The third kappa shape index (κ3) is 3.58. The average molecular weight is 433 g/mol. The fourth-order valence-corrected chi connectivity index (χ4v) is 3.88. The van der Waals surface area contributed by atoms with E-state index in [-0.39, 0.29) is 0 Å². The van der Waals surface area contributed by atoms with Gasteiger partial charge in [-0.3, -0.25) is 9.36 Å². The summed E-state index contributed by atoms with van der Waals surface area (Å²) in [5, 5.41) is 0. The van der Waals surface area contributed by atoms with Crippen LogP contribution in [0.15, 0.2) is 0 Å². The molecule has 27 heavy (non-hydrogen) atoms. The molecule has 0 aromatic carbocycles. The van der Waals surface area contributed by atoms with Gasteiger partial charge in [0.2, 0.25) is 0 Å². The van der Waals surface area contributed by atoms with Crippen LogP contribution in [0, 0.1) is 5.92 Å². The van der Waals surface area contributed by atoms with E-state index in [1.54, 1.807) is 0 Å². The lowest BCUT2D eigenvalue weighted by Gasteiger charge is -2.47. The second kappa shape index (κ2) is 7.16. The van der Waals surface area contributed by atoms with E-state index in [9.17, 15) is 45.5 Å². The maximum atomic E-state index is 13.6. The summed E-state index contributed by atoms with van der Waals surface area (Å²) < 4.78 is 106. The van der Waals surface area contributed by atoms with Crippen LogP contribution < -0.4 is 0 Å². The second-order valence-corrected chi connectivity index (χ2v) is 7.73. The van der Waals surface area contributed by atoms with Crippen LogP contribution in [0.5, 0.6) is 0 Å². The number of alkyl halides is 6. The minimum absolute atomic E-state index is 0.426. The summed E-state index contributed by atoms with van der Waals surface area (Å²) >= 11 is 0. The number of nitrogens with zero attached hydrogens (tertiary/aromatic N) is 1. The van der Waals surface area contributed by atoms with Crippen LogP contribution in [0.2, 0.25) is 0 Å². The molecule has 1 atom stereocenters. The Morgan fingerprint density at radius 2 is 1.56 bits per heavy atom. The molecule has 1 aliphatic rings. The lowest BCUT2D eigenvalue weighted by atomic mass is 10.0. The van der Waals surface area contributed by atoms with Gasteiger partial charge in [-0.1, -0.05) is 13.8 Å². The van der Waals surface area contributed by atoms with Crippen molar-refractivity contribution in [3.05, 3.63) is 0 Å². The van der Waals surface area contributed by atoms with Gasteiger partial charge in [0, 0.05) is 14.2 Å². The van der Waals surface area contributed by atoms with Crippen molar-refractivity contribution in [3.63, 3.8) is 0 Å². The van der Waals surface area contributed by atoms with Crippen LogP contribution in [0.4, 0.5) is 26.3 Å². The standard InChI is InChI=1S/C12H18F6NO7P/c1-6(2)5-7-8(20)26-9(10(13,14)15,11(16,17)18)19(7)12(24-3,25-4)27(21,22)23/h6-7H,5H2,1-4H3,(H2,21,22,23). The zero-order valence-corrected chi connectivity index (χ0v) is 15.4. The van der Waals surface area contributed by atoms with E-state index in [2.05, 4.69) is 14.2 Å². The molecular weight excluding hydrogens is 415 g/mol. The number of esters is 1. The first-order valence-electron chi connectivity index (χ1n) is 7.24. The van der Waals surface area contributed by atoms with Crippen molar-refractivity contribution in [1.82, 2.24) is 4.90 Å². The molecule has 1 unspecified atom stereocenters. The summed E-state index contributed by atoms with van der Waals surface area (Å²) in [5.74, 6) is -2.64. The largest absolute Gasteiger partial charge is 0.453 e. The molecule has 1 saturated heterocycles. The van der Waals surface area contributed by atoms with E-state index in [0.717, 1.165) is 0 Å². The number of methoxy groups -OCH3 is 2. The quantitative estimate of drug-likeness (QED) is 0.284. The van der Waals surface area contributed by atoms with Crippen LogP contribution in [0.1, 0.15) is 20.3 Å². The van der Waals surface area contributed by atoms with Crippen molar-refractivity contribution in [2.24, 2.45) is 5.92 Å². The van der Waals surface area contributed by atoms with Crippen molar-refractivity contribution >= 4 is 13.6 Å². The Balaban J connectivity index is 3.98. The molecule has 0 radical (unpaired) electrons. The van der Waals surface area contributed by atoms with E-state index >= 15 is 0 Å². The lowest BCUT2D eigenvalue weighted by Crippen LogP contribution is -2.73. The molecule has 1 fully saturated rings. The summed E-state index contributed by atoms with van der Waals surface area (Å²) in [6.07, 6.45) is -13.4. The van der Waals surface area contributed by atoms with Crippen molar-refractivity contribution in [3.8, 4) is 0 Å². The number of cyclic esters (lactones) is 1. The Hall–Kier alpha value is -0.920. The molecule has 0 bridgehead atoms. The minimum Gasteiger partial charge on any atom is -0.423 e. The molecule has 0 aromatic rings. The number of carbonyl (C=O) groups is 1. The third-order valence-electron chi connectivity index (χ3n) is 3.84. The summed E-state index contributed by atoms with van der Waals surface area (Å²) in [7, 11) is -5.18. The van der Waals surface area contributed by atoms with Gasteiger partial charge in [0.1, 0.15) is 6.04 Å². The molecule has 0 aliphatic carbocycles. The fourth-order valence-electron chi connectivity index (χ4n) is 2.84. The van der Waals surface area contributed by atoms with E-state index in [0.29, 0.717) is 14.2 Å². The molecule has 1 aliphatic heterocycles. The number of carbonyl (C=O) groups excluding carboxylic acids is 1. The highest BCUT2D eigenvalue weighted by molar-refractivity contribution is 7.53. The van der Waals surface area contributed by atoms with Crippen LogP contribution >= 0.6 is 7.60 Å². The summed E-state index contributed by atoms with van der Waals surface area (Å²) in [4.78, 5) is 30.1. The van der Waals surface area contributed by atoms with Crippen LogP contribution in [-0.2, 0) is 23.6 Å². The SMILES string of the molecule is COC(OC)(N1C(CC(C)C)C(=O)OC1(C(F)(F)F)C(F)(F)F)P(=O)(O)O. The third-order valence-corrected chi connectivity index (χ3v) is 5.16. The van der Waals surface area contributed by atoms with Crippen LogP contribution in [0.3, 0.4) is 0 Å². The predicted octanol–water partition coefficient (Wildman–Crippen LogP) is 2.16. The van der Waals surface area contributed by atoms with Gasteiger partial charge in [0.25, 0.3) is 0 Å². The molecule has 160 valence electrons. The monoisotopic (exact) mass is 433 g/mol.